The van der Waals surface area contributed by atoms with E-state index in [1.807, 2.05) is 62.4 Å². The Bertz CT molecular complexity index is 691. The molecule has 0 fully saturated rings. The minimum atomic E-state index is -0.0359. The fourth-order valence-electron chi connectivity index (χ4n) is 2.45. The van der Waals surface area contributed by atoms with E-state index in [4.69, 9.17) is 0 Å². The van der Waals surface area contributed by atoms with E-state index in [-0.39, 0.29) is 11.8 Å². The Labute approximate surface area is 143 Å². The minimum absolute atomic E-state index is 0.0355. The van der Waals surface area contributed by atoms with E-state index in [2.05, 4.69) is 5.32 Å². The average Bonchev–Trinajstić information content (AvgIpc) is 2.54. The SMILES string of the molecule is CC(=O)N(CCNC(=O)Cc1ccc(C)cc1)c1ccc(C)cc1. The molecule has 2 amide bonds. The van der Waals surface area contributed by atoms with Gasteiger partial charge in [-0.15, -0.1) is 0 Å². The van der Waals surface area contributed by atoms with E-state index < -0.39 is 0 Å². The van der Waals surface area contributed by atoms with Crippen molar-refractivity contribution < 1.29 is 9.59 Å². The molecule has 0 saturated carbocycles. The highest BCUT2D eigenvalue weighted by Gasteiger charge is 2.11. The number of hydrogen-bond donors (Lipinski definition) is 1. The lowest BCUT2D eigenvalue weighted by molar-refractivity contribution is -0.121. The molecule has 4 nitrogen and oxygen atoms in total. The monoisotopic (exact) mass is 324 g/mol. The second kappa shape index (κ2) is 8.29. The number of benzene rings is 2. The summed E-state index contributed by atoms with van der Waals surface area (Å²) in [6.07, 6.45) is 0.352. The van der Waals surface area contributed by atoms with Gasteiger partial charge in [0.1, 0.15) is 0 Å². The second-order valence-electron chi connectivity index (χ2n) is 6.02. The number of rotatable bonds is 6. The molecule has 0 aliphatic carbocycles. The van der Waals surface area contributed by atoms with Gasteiger partial charge in [0, 0.05) is 25.7 Å². The van der Waals surface area contributed by atoms with Crippen molar-refractivity contribution in [3.05, 3.63) is 65.2 Å². The number of aryl methyl sites for hydroxylation is 2. The first-order valence-electron chi connectivity index (χ1n) is 8.13. The first-order valence-corrected chi connectivity index (χ1v) is 8.13. The van der Waals surface area contributed by atoms with E-state index in [0.29, 0.717) is 19.5 Å². The molecule has 2 aromatic carbocycles. The van der Waals surface area contributed by atoms with Crippen molar-refractivity contribution >= 4 is 17.5 Å². The lowest BCUT2D eigenvalue weighted by atomic mass is 10.1. The number of nitrogens with zero attached hydrogens (tertiary/aromatic N) is 1. The summed E-state index contributed by atoms with van der Waals surface area (Å²) < 4.78 is 0. The summed E-state index contributed by atoms with van der Waals surface area (Å²) in [5.74, 6) is -0.0714. The Hall–Kier alpha value is -2.62. The van der Waals surface area contributed by atoms with Gasteiger partial charge in [0.25, 0.3) is 0 Å². The number of hydrogen-bond acceptors (Lipinski definition) is 2. The maximum Gasteiger partial charge on any atom is 0.224 e. The van der Waals surface area contributed by atoms with Crippen molar-refractivity contribution in [1.82, 2.24) is 5.32 Å². The van der Waals surface area contributed by atoms with Gasteiger partial charge < -0.3 is 10.2 Å². The van der Waals surface area contributed by atoms with Crippen LogP contribution in [0.15, 0.2) is 48.5 Å². The van der Waals surface area contributed by atoms with Crippen molar-refractivity contribution in [3.8, 4) is 0 Å². The molecule has 2 rings (SSSR count). The predicted octanol–water partition coefficient (Wildman–Crippen LogP) is 3.02. The van der Waals surface area contributed by atoms with Gasteiger partial charge in [0.15, 0.2) is 0 Å². The molecule has 0 aromatic heterocycles. The lowest BCUT2D eigenvalue weighted by Gasteiger charge is -2.21. The number of nitrogens with one attached hydrogen (secondary N) is 1. The zero-order chi connectivity index (χ0) is 17.5. The van der Waals surface area contributed by atoms with Gasteiger partial charge in [0.05, 0.1) is 6.42 Å². The van der Waals surface area contributed by atoms with E-state index in [1.54, 1.807) is 4.90 Å². The van der Waals surface area contributed by atoms with E-state index >= 15 is 0 Å². The molecule has 0 atom stereocenters. The molecule has 0 saturated heterocycles. The average molecular weight is 324 g/mol. The molecule has 0 aliphatic heterocycles. The lowest BCUT2D eigenvalue weighted by Crippen LogP contribution is -2.38. The van der Waals surface area contributed by atoms with Crippen LogP contribution in [0, 0.1) is 13.8 Å². The highest BCUT2D eigenvalue weighted by molar-refractivity contribution is 5.91. The molecule has 0 spiro atoms. The third-order valence-corrected chi connectivity index (χ3v) is 3.87. The quantitative estimate of drug-likeness (QED) is 0.888. The first kappa shape index (κ1) is 17.7. The Morgan fingerprint density at radius 3 is 2.00 bits per heavy atom. The minimum Gasteiger partial charge on any atom is -0.354 e. The van der Waals surface area contributed by atoms with Crippen molar-refractivity contribution in [2.24, 2.45) is 0 Å². The fourth-order valence-corrected chi connectivity index (χ4v) is 2.45. The van der Waals surface area contributed by atoms with Crippen molar-refractivity contribution in [1.29, 1.82) is 0 Å². The van der Waals surface area contributed by atoms with Gasteiger partial charge in [0.2, 0.25) is 11.8 Å². The third-order valence-electron chi connectivity index (χ3n) is 3.87. The third kappa shape index (κ3) is 5.23. The van der Waals surface area contributed by atoms with Crippen LogP contribution in [0.1, 0.15) is 23.6 Å². The largest absolute Gasteiger partial charge is 0.354 e. The van der Waals surface area contributed by atoms with E-state index in [0.717, 1.165) is 16.8 Å². The first-order chi connectivity index (χ1) is 11.5. The van der Waals surface area contributed by atoms with E-state index in [9.17, 15) is 9.59 Å². The molecule has 0 unspecified atom stereocenters. The molecule has 0 bridgehead atoms. The highest BCUT2D eigenvalue weighted by Crippen LogP contribution is 2.14. The van der Waals surface area contributed by atoms with Crippen molar-refractivity contribution in [2.45, 2.75) is 27.2 Å². The summed E-state index contributed by atoms with van der Waals surface area (Å²) in [4.78, 5) is 25.5. The van der Waals surface area contributed by atoms with Gasteiger partial charge >= 0.3 is 0 Å². The van der Waals surface area contributed by atoms with Gasteiger partial charge in [-0.3, -0.25) is 9.59 Å². The van der Waals surface area contributed by atoms with Crippen LogP contribution in [0.2, 0.25) is 0 Å². The molecule has 126 valence electrons. The van der Waals surface area contributed by atoms with Crippen LogP contribution in [0.5, 0.6) is 0 Å². The summed E-state index contributed by atoms with van der Waals surface area (Å²) in [5.41, 5.74) is 4.16. The Morgan fingerprint density at radius 2 is 1.46 bits per heavy atom. The van der Waals surface area contributed by atoms with Crippen LogP contribution < -0.4 is 10.2 Å². The summed E-state index contributed by atoms with van der Waals surface area (Å²) >= 11 is 0. The number of carbonyl (C=O) groups excluding carboxylic acids is 2. The highest BCUT2D eigenvalue weighted by atomic mass is 16.2. The Balaban J connectivity index is 1.86. The Kier molecular flexibility index (Phi) is 6.13. The Morgan fingerprint density at radius 1 is 0.917 bits per heavy atom. The maximum atomic E-state index is 12.0. The van der Waals surface area contributed by atoms with Crippen LogP contribution in [0.25, 0.3) is 0 Å². The van der Waals surface area contributed by atoms with Gasteiger partial charge in [-0.25, -0.2) is 0 Å². The molecular formula is C20H24N2O2. The zero-order valence-corrected chi connectivity index (χ0v) is 14.5. The summed E-state index contributed by atoms with van der Waals surface area (Å²) in [5, 5.41) is 2.88. The van der Waals surface area contributed by atoms with Crippen LogP contribution in [0.4, 0.5) is 5.69 Å². The summed E-state index contributed by atoms with van der Waals surface area (Å²) in [6.45, 7) is 6.45. The number of anilines is 1. The van der Waals surface area contributed by atoms with Gasteiger partial charge in [-0.05, 0) is 31.5 Å². The molecule has 2 aromatic rings. The van der Waals surface area contributed by atoms with Crippen LogP contribution in [-0.4, -0.2) is 24.9 Å². The molecular weight excluding hydrogens is 300 g/mol. The normalized spacial score (nSPS) is 10.3. The molecule has 0 aliphatic rings. The topological polar surface area (TPSA) is 49.4 Å². The van der Waals surface area contributed by atoms with Crippen LogP contribution in [0.3, 0.4) is 0 Å². The second-order valence-corrected chi connectivity index (χ2v) is 6.02. The standard InChI is InChI=1S/C20H24N2O2/c1-15-4-8-18(9-5-15)14-20(24)21-12-13-22(17(3)23)19-10-6-16(2)7-11-19/h4-11H,12-14H2,1-3H3,(H,21,24). The van der Waals surface area contributed by atoms with Crippen molar-refractivity contribution in [2.75, 3.05) is 18.0 Å². The zero-order valence-electron chi connectivity index (χ0n) is 14.5. The predicted molar refractivity (Wildman–Crippen MR) is 97.1 cm³/mol. The fraction of sp³-hybridized carbons (Fsp3) is 0.300. The van der Waals surface area contributed by atoms with Crippen LogP contribution >= 0.6 is 0 Å². The van der Waals surface area contributed by atoms with Gasteiger partial charge in [-0.1, -0.05) is 47.5 Å². The molecule has 24 heavy (non-hydrogen) atoms. The van der Waals surface area contributed by atoms with E-state index in [1.165, 1.54) is 12.5 Å². The number of carbonyl (C=O) groups is 2. The number of amides is 2. The maximum absolute atomic E-state index is 12.0. The van der Waals surface area contributed by atoms with Crippen molar-refractivity contribution in [3.63, 3.8) is 0 Å². The molecule has 0 heterocycles. The van der Waals surface area contributed by atoms with Gasteiger partial charge in [-0.2, -0.15) is 0 Å². The molecule has 1 N–H and O–H groups in total. The molecule has 4 heteroatoms. The summed E-state index contributed by atoms with van der Waals surface area (Å²) in [7, 11) is 0. The molecule has 0 radical (unpaired) electrons. The smallest absolute Gasteiger partial charge is 0.224 e. The summed E-state index contributed by atoms with van der Waals surface area (Å²) in [6, 6.07) is 15.7. The van der Waals surface area contributed by atoms with Crippen LogP contribution in [-0.2, 0) is 16.0 Å².